The Balaban J connectivity index is 1.96. The summed E-state index contributed by atoms with van der Waals surface area (Å²) in [7, 11) is 0. The zero-order valence-electron chi connectivity index (χ0n) is 10.5. The number of hydrogen-bond acceptors (Lipinski definition) is 3. The second-order valence-corrected chi connectivity index (χ2v) is 4.08. The van der Waals surface area contributed by atoms with Crippen molar-refractivity contribution in [1.29, 1.82) is 0 Å². The lowest BCUT2D eigenvalue weighted by Crippen LogP contribution is -2.20. The van der Waals surface area contributed by atoms with Gasteiger partial charge in [-0.2, -0.15) is 0 Å². The zero-order chi connectivity index (χ0) is 14.4. The van der Waals surface area contributed by atoms with Crippen LogP contribution >= 0.6 is 0 Å². The van der Waals surface area contributed by atoms with Gasteiger partial charge in [0.25, 0.3) is 0 Å². The molecule has 0 spiro atoms. The van der Waals surface area contributed by atoms with Crippen molar-refractivity contribution in [3.8, 4) is 5.75 Å². The smallest absolute Gasteiger partial charge is 0.405 e. The molecule has 0 unspecified atom stereocenters. The maximum atomic E-state index is 12.3. The third kappa shape index (κ3) is 4.55. The van der Waals surface area contributed by atoms with Crippen LogP contribution in [-0.4, -0.2) is 11.3 Å². The van der Waals surface area contributed by atoms with Crippen molar-refractivity contribution in [1.82, 2.24) is 10.3 Å². The van der Waals surface area contributed by atoms with Crippen LogP contribution in [0, 0.1) is 0 Å². The molecule has 106 valence electrons. The predicted octanol–water partition coefficient (Wildman–Crippen LogP) is 3.27. The van der Waals surface area contributed by atoms with Crippen LogP contribution in [-0.2, 0) is 13.1 Å². The van der Waals surface area contributed by atoms with Crippen LogP contribution in [0.2, 0.25) is 0 Å². The van der Waals surface area contributed by atoms with Gasteiger partial charge in [-0.15, -0.1) is 13.2 Å². The molecule has 1 aromatic heterocycles. The summed E-state index contributed by atoms with van der Waals surface area (Å²) >= 11 is 0. The molecule has 0 saturated carbocycles. The molecule has 0 radical (unpaired) electrons. The first-order chi connectivity index (χ1) is 9.54. The van der Waals surface area contributed by atoms with Crippen LogP contribution in [0.3, 0.4) is 0 Å². The lowest BCUT2D eigenvalue weighted by molar-refractivity contribution is -0.274. The van der Waals surface area contributed by atoms with Gasteiger partial charge in [-0.25, -0.2) is 0 Å². The summed E-state index contributed by atoms with van der Waals surface area (Å²) in [4.78, 5) is 4.12. The summed E-state index contributed by atoms with van der Waals surface area (Å²) in [6, 6.07) is 11.5. The Bertz CT molecular complexity index is 544. The van der Waals surface area contributed by atoms with Gasteiger partial charge in [0.1, 0.15) is 5.75 Å². The second-order valence-electron chi connectivity index (χ2n) is 4.08. The molecule has 0 aliphatic carbocycles. The van der Waals surface area contributed by atoms with Gasteiger partial charge in [0.15, 0.2) is 0 Å². The van der Waals surface area contributed by atoms with Crippen molar-refractivity contribution < 1.29 is 17.9 Å². The first kappa shape index (κ1) is 14.3. The number of nitrogens with zero attached hydrogens (tertiary/aromatic N) is 1. The van der Waals surface area contributed by atoms with Crippen LogP contribution in [0.1, 0.15) is 11.3 Å². The Labute approximate surface area is 114 Å². The van der Waals surface area contributed by atoms with Crippen LogP contribution < -0.4 is 10.1 Å². The molecule has 0 atom stereocenters. The first-order valence-corrected chi connectivity index (χ1v) is 5.99. The molecule has 1 N–H and O–H groups in total. The van der Waals surface area contributed by atoms with Gasteiger partial charge in [0.05, 0.1) is 5.69 Å². The number of hydrogen-bond donors (Lipinski definition) is 1. The van der Waals surface area contributed by atoms with Crippen molar-refractivity contribution in [3.05, 3.63) is 59.9 Å². The number of para-hydroxylation sites is 1. The average molecular weight is 282 g/mol. The van der Waals surface area contributed by atoms with E-state index in [1.165, 1.54) is 12.1 Å². The molecule has 2 aromatic rings. The summed E-state index contributed by atoms with van der Waals surface area (Å²) in [5, 5.41) is 3.03. The molecule has 20 heavy (non-hydrogen) atoms. The predicted molar refractivity (Wildman–Crippen MR) is 67.9 cm³/mol. The number of halogens is 3. The fraction of sp³-hybridized carbons (Fsp3) is 0.214. The molecular formula is C14H13F3N2O. The standard InChI is InChI=1S/C14H13F3N2O/c15-14(16,17)20-13-7-2-1-5-11(13)9-18-10-12-6-3-4-8-19-12/h1-8,18H,9-10H2. The Hall–Kier alpha value is -2.08. The minimum Gasteiger partial charge on any atom is -0.405 e. The van der Waals surface area contributed by atoms with E-state index in [0.29, 0.717) is 12.1 Å². The number of rotatable bonds is 5. The SMILES string of the molecule is FC(F)(F)Oc1ccccc1CNCc1ccccn1. The van der Waals surface area contributed by atoms with E-state index in [9.17, 15) is 13.2 Å². The van der Waals surface area contributed by atoms with Gasteiger partial charge < -0.3 is 10.1 Å². The largest absolute Gasteiger partial charge is 0.573 e. The average Bonchev–Trinajstić information content (AvgIpc) is 2.40. The molecule has 0 bridgehead atoms. The van der Waals surface area contributed by atoms with E-state index in [1.54, 1.807) is 24.4 Å². The lowest BCUT2D eigenvalue weighted by Gasteiger charge is -2.13. The molecule has 0 fully saturated rings. The number of aromatic nitrogens is 1. The Morgan fingerprint density at radius 2 is 1.75 bits per heavy atom. The summed E-state index contributed by atoms with van der Waals surface area (Å²) < 4.78 is 40.7. The Morgan fingerprint density at radius 1 is 1.00 bits per heavy atom. The maximum absolute atomic E-state index is 12.3. The van der Waals surface area contributed by atoms with Crippen LogP contribution in [0.4, 0.5) is 13.2 Å². The number of alkyl halides is 3. The quantitative estimate of drug-likeness (QED) is 0.914. The van der Waals surface area contributed by atoms with Gasteiger partial charge in [-0.3, -0.25) is 4.98 Å². The molecule has 0 aliphatic heterocycles. The monoisotopic (exact) mass is 282 g/mol. The minimum atomic E-state index is -4.68. The summed E-state index contributed by atoms with van der Waals surface area (Å²) in [6.07, 6.45) is -3.02. The van der Waals surface area contributed by atoms with Crippen molar-refractivity contribution in [3.63, 3.8) is 0 Å². The summed E-state index contributed by atoms with van der Waals surface area (Å²) in [5.74, 6) is -0.187. The Morgan fingerprint density at radius 3 is 2.45 bits per heavy atom. The molecule has 0 aliphatic rings. The van der Waals surface area contributed by atoms with Crippen molar-refractivity contribution in [2.75, 3.05) is 0 Å². The number of benzene rings is 1. The number of nitrogens with one attached hydrogen (secondary N) is 1. The molecule has 0 amide bonds. The van der Waals surface area contributed by atoms with Crippen molar-refractivity contribution >= 4 is 0 Å². The molecule has 1 heterocycles. The highest BCUT2D eigenvalue weighted by Crippen LogP contribution is 2.26. The van der Waals surface area contributed by atoms with E-state index in [2.05, 4.69) is 15.0 Å². The fourth-order valence-corrected chi connectivity index (χ4v) is 1.70. The highest BCUT2D eigenvalue weighted by molar-refractivity contribution is 5.33. The first-order valence-electron chi connectivity index (χ1n) is 5.99. The van der Waals surface area contributed by atoms with Gasteiger partial charge in [0, 0.05) is 24.8 Å². The Kier molecular flexibility index (Phi) is 4.57. The van der Waals surface area contributed by atoms with Gasteiger partial charge in [0.2, 0.25) is 0 Å². The van der Waals surface area contributed by atoms with Gasteiger partial charge >= 0.3 is 6.36 Å². The lowest BCUT2D eigenvalue weighted by atomic mass is 10.2. The van der Waals surface area contributed by atoms with Crippen molar-refractivity contribution in [2.45, 2.75) is 19.5 Å². The summed E-state index contributed by atoms with van der Waals surface area (Å²) in [6.45, 7) is 0.740. The third-order valence-electron chi connectivity index (χ3n) is 2.55. The normalized spacial score (nSPS) is 11.3. The fourth-order valence-electron chi connectivity index (χ4n) is 1.70. The third-order valence-corrected chi connectivity index (χ3v) is 2.55. The molecule has 2 rings (SSSR count). The number of pyridine rings is 1. The van der Waals surface area contributed by atoms with E-state index in [-0.39, 0.29) is 12.3 Å². The molecule has 1 aromatic carbocycles. The maximum Gasteiger partial charge on any atom is 0.573 e. The van der Waals surface area contributed by atoms with Gasteiger partial charge in [-0.05, 0) is 18.2 Å². The van der Waals surface area contributed by atoms with E-state index in [0.717, 1.165) is 5.69 Å². The van der Waals surface area contributed by atoms with Crippen LogP contribution in [0.15, 0.2) is 48.7 Å². The van der Waals surface area contributed by atoms with Gasteiger partial charge in [-0.1, -0.05) is 24.3 Å². The second kappa shape index (κ2) is 6.38. The van der Waals surface area contributed by atoms with Crippen LogP contribution in [0.25, 0.3) is 0 Å². The topological polar surface area (TPSA) is 34.1 Å². The van der Waals surface area contributed by atoms with E-state index >= 15 is 0 Å². The van der Waals surface area contributed by atoms with E-state index in [4.69, 9.17) is 0 Å². The molecule has 0 saturated heterocycles. The highest BCUT2D eigenvalue weighted by atomic mass is 19.4. The highest BCUT2D eigenvalue weighted by Gasteiger charge is 2.31. The van der Waals surface area contributed by atoms with E-state index < -0.39 is 6.36 Å². The molecular weight excluding hydrogens is 269 g/mol. The minimum absolute atomic E-state index is 0.187. The van der Waals surface area contributed by atoms with Crippen LogP contribution in [0.5, 0.6) is 5.75 Å². The van der Waals surface area contributed by atoms with E-state index in [1.807, 2.05) is 12.1 Å². The zero-order valence-corrected chi connectivity index (χ0v) is 10.5. The van der Waals surface area contributed by atoms with Crippen molar-refractivity contribution in [2.24, 2.45) is 0 Å². The number of ether oxygens (including phenoxy) is 1. The molecule has 3 nitrogen and oxygen atoms in total. The molecule has 6 heteroatoms. The summed E-state index contributed by atoms with van der Waals surface area (Å²) in [5.41, 5.74) is 1.27.